The second-order valence-corrected chi connectivity index (χ2v) is 4.85. The van der Waals surface area contributed by atoms with Gasteiger partial charge in [0.2, 0.25) is 0 Å². The van der Waals surface area contributed by atoms with Crippen LogP contribution in [0, 0.1) is 0 Å². The number of nitrogens with zero attached hydrogens (tertiary/aromatic N) is 6. The highest BCUT2D eigenvalue weighted by atomic mass is 35.5. The molecule has 0 unspecified atom stereocenters. The van der Waals surface area contributed by atoms with Gasteiger partial charge < -0.3 is 0 Å². The van der Waals surface area contributed by atoms with Gasteiger partial charge in [0.25, 0.3) is 0 Å². The minimum atomic E-state index is 0.339. The summed E-state index contributed by atoms with van der Waals surface area (Å²) in [6.45, 7) is 2.10. The van der Waals surface area contributed by atoms with Gasteiger partial charge in [0, 0.05) is 12.4 Å². The molecule has 18 heavy (non-hydrogen) atoms. The third-order valence-electron chi connectivity index (χ3n) is 2.53. The van der Waals surface area contributed by atoms with Crippen molar-refractivity contribution in [3.63, 3.8) is 0 Å². The molecule has 0 radical (unpaired) electrons. The third-order valence-corrected chi connectivity index (χ3v) is 3.56. The Balaban J connectivity index is 2.20. The first-order valence-electron chi connectivity index (χ1n) is 5.48. The first kappa shape index (κ1) is 11.5. The molecule has 0 aliphatic carbocycles. The number of aromatic nitrogens is 6. The van der Waals surface area contributed by atoms with E-state index in [1.165, 1.54) is 11.5 Å². The fourth-order valence-electron chi connectivity index (χ4n) is 1.73. The molecule has 3 aromatic heterocycles. The third kappa shape index (κ3) is 1.75. The fourth-order valence-corrected chi connectivity index (χ4v) is 2.61. The predicted molar refractivity (Wildman–Crippen MR) is 68.7 cm³/mol. The Bertz CT molecular complexity index is 691. The summed E-state index contributed by atoms with van der Waals surface area (Å²) >= 11 is 7.29. The zero-order valence-corrected chi connectivity index (χ0v) is 11.1. The van der Waals surface area contributed by atoms with Crippen LogP contribution < -0.4 is 0 Å². The minimum Gasteiger partial charge on any atom is -0.277 e. The molecular weight excluding hydrogens is 272 g/mol. The van der Waals surface area contributed by atoms with Gasteiger partial charge in [-0.2, -0.15) is 0 Å². The molecule has 0 saturated heterocycles. The molecule has 0 aromatic carbocycles. The van der Waals surface area contributed by atoms with Crippen molar-refractivity contribution >= 4 is 28.8 Å². The normalized spacial score (nSPS) is 11.2. The van der Waals surface area contributed by atoms with Crippen LogP contribution in [-0.2, 0) is 6.42 Å². The Labute approximate surface area is 112 Å². The van der Waals surface area contributed by atoms with Gasteiger partial charge in [-0.15, -0.1) is 15.3 Å². The van der Waals surface area contributed by atoms with E-state index < -0.39 is 0 Å². The van der Waals surface area contributed by atoms with Crippen molar-refractivity contribution in [1.29, 1.82) is 0 Å². The Hall–Kier alpha value is -1.60. The lowest BCUT2D eigenvalue weighted by atomic mass is 10.2. The predicted octanol–water partition coefficient (Wildman–Crippen LogP) is 2.25. The van der Waals surface area contributed by atoms with Crippen LogP contribution in [0.15, 0.2) is 12.4 Å². The van der Waals surface area contributed by atoms with Crippen LogP contribution in [0.3, 0.4) is 0 Å². The lowest BCUT2D eigenvalue weighted by Crippen LogP contribution is -1.93. The molecule has 3 rings (SSSR count). The van der Waals surface area contributed by atoms with E-state index in [1.807, 2.05) is 4.40 Å². The summed E-state index contributed by atoms with van der Waals surface area (Å²) in [7, 11) is 0. The largest absolute Gasteiger partial charge is 0.277 e. The first-order valence-corrected chi connectivity index (χ1v) is 6.63. The number of hydrogen-bond acceptors (Lipinski definition) is 6. The molecule has 0 saturated carbocycles. The van der Waals surface area contributed by atoms with Gasteiger partial charge in [-0.05, 0) is 18.0 Å². The van der Waals surface area contributed by atoms with Crippen LogP contribution >= 0.6 is 23.1 Å². The maximum absolute atomic E-state index is 5.97. The molecule has 6 nitrogen and oxygen atoms in total. The van der Waals surface area contributed by atoms with Gasteiger partial charge in [-0.1, -0.05) is 29.4 Å². The van der Waals surface area contributed by atoms with Gasteiger partial charge in [-0.3, -0.25) is 4.40 Å². The molecule has 0 aliphatic heterocycles. The quantitative estimate of drug-likeness (QED) is 0.736. The fraction of sp³-hybridized carbons (Fsp3) is 0.300. The van der Waals surface area contributed by atoms with Gasteiger partial charge in [0.05, 0.1) is 5.69 Å². The zero-order chi connectivity index (χ0) is 12.5. The summed E-state index contributed by atoms with van der Waals surface area (Å²) < 4.78 is 5.80. The van der Waals surface area contributed by atoms with Crippen LogP contribution in [0.1, 0.15) is 19.0 Å². The Morgan fingerprint density at radius 3 is 3.06 bits per heavy atom. The summed E-state index contributed by atoms with van der Waals surface area (Å²) in [5.41, 5.74) is 1.50. The van der Waals surface area contributed by atoms with E-state index >= 15 is 0 Å². The average Bonchev–Trinajstić information content (AvgIpc) is 2.96. The number of fused-ring (bicyclic) bond motifs is 1. The van der Waals surface area contributed by atoms with Crippen molar-refractivity contribution in [2.24, 2.45) is 0 Å². The van der Waals surface area contributed by atoms with Crippen molar-refractivity contribution in [2.75, 3.05) is 0 Å². The second-order valence-electron chi connectivity index (χ2n) is 3.73. The molecule has 3 aromatic rings. The zero-order valence-electron chi connectivity index (χ0n) is 9.54. The van der Waals surface area contributed by atoms with E-state index in [0.29, 0.717) is 16.6 Å². The van der Waals surface area contributed by atoms with Crippen molar-refractivity contribution in [3.8, 4) is 10.7 Å². The molecule has 0 bridgehead atoms. The first-order chi connectivity index (χ1) is 8.81. The van der Waals surface area contributed by atoms with Crippen LogP contribution in [0.2, 0.25) is 5.15 Å². The van der Waals surface area contributed by atoms with E-state index in [4.69, 9.17) is 11.6 Å². The van der Waals surface area contributed by atoms with Gasteiger partial charge in [0.1, 0.15) is 4.88 Å². The van der Waals surface area contributed by atoms with Crippen LogP contribution in [0.5, 0.6) is 0 Å². The highest BCUT2D eigenvalue weighted by molar-refractivity contribution is 7.09. The molecule has 0 N–H and O–H groups in total. The summed E-state index contributed by atoms with van der Waals surface area (Å²) in [6, 6.07) is 0. The minimum absolute atomic E-state index is 0.339. The highest BCUT2D eigenvalue weighted by Crippen LogP contribution is 2.26. The SMILES string of the molecule is CCCc1nnsc1-c1nnc2c(Cl)nccn12. The highest BCUT2D eigenvalue weighted by Gasteiger charge is 2.17. The van der Waals surface area contributed by atoms with Crippen LogP contribution in [-0.4, -0.2) is 29.2 Å². The number of halogens is 1. The van der Waals surface area contributed by atoms with E-state index in [0.717, 1.165) is 23.4 Å². The monoisotopic (exact) mass is 280 g/mol. The molecule has 0 atom stereocenters. The molecular formula is C10H9ClN6S. The van der Waals surface area contributed by atoms with E-state index in [-0.39, 0.29) is 0 Å². The molecule has 0 aliphatic rings. The van der Waals surface area contributed by atoms with E-state index in [9.17, 15) is 0 Å². The van der Waals surface area contributed by atoms with Crippen molar-refractivity contribution in [3.05, 3.63) is 23.2 Å². The molecule has 92 valence electrons. The number of hydrogen-bond donors (Lipinski definition) is 0. The molecule has 3 heterocycles. The Kier molecular flexibility index (Phi) is 2.92. The maximum Gasteiger partial charge on any atom is 0.198 e. The summed E-state index contributed by atoms with van der Waals surface area (Å²) in [5, 5.41) is 12.7. The average molecular weight is 281 g/mol. The van der Waals surface area contributed by atoms with Gasteiger partial charge in [0.15, 0.2) is 16.6 Å². The summed E-state index contributed by atoms with van der Waals surface area (Å²) in [6.07, 6.45) is 5.29. The molecule has 0 fully saturated rings. The van der Waals surface area contributed by atoms with Crippen molar-refractivity contribution < 1.29 is 0 Å². The topological polar surface area (TPSA) is 68.9 Å². The van der Waals surface area contributed by atoms with Crippen LogP contribution in [0.4, 0.5) is 0 Å². The standard InChI is InChI=1S/C10H9ClN6S/c1-2-3-6-7(18-16-13-6)9-14-15-10-8(11)12-4-5-17(9)10/h4-5H,2-3H2,1H3. The van der Waals surface area contributed by atoms with Gasteiger partial charge in [-0.25, -0.2) is 4.98 Å². The van der Waals surface area contributed by atoms with Gasteiger partial charge >= 0.3 is 0 Å². The molecule has 0 spiro atoms. The van der Waals surface area contributed by atoms with Crippen LogP contribution in [0.25, 0.3) is 16.3 Å². The number of aryl methyl sites for hydroxylation is 1. The Morgan fingerprint density at radius 1 is 1.33 bits per heavy atom. The maximum atomic E-state index is 5.97. The lowest BCUT2D eigenvalue weighted by Gasteiger charge is -1.98. The summed E-state index contributed by atoms with van der Waals surface area (Å²) in [4.78, 5) is 4.91. The molecule has 8 heteroatoms. The smallest absolute Gasteiger partial charge is 0.198 e. The molecule has 0 amide bonds. The van der Waals surface area contributed by atoms with Crippen molar-refractivity contribution in [1.82, 2.24) is 29.2 Å². The van der Waals surface area contributed by atoms with Crippen molar-refractivity contribution in [2.45, 2.75) is 19.8 Å². The lowest BCUT2D eigenvalue weighted by molar-refractivity contribution is 0.869. The van der Waals surface area contributed by atoms with E-state index in [2.05, 4.69) is 31.7 Å². The number of rotatable bonds is 3. The Morgan fingerprint density at radius 2 is 2.22 bits per heavy atom. The summed E-state index contributed by atoms with van der Waals surface area (Å²) in [5.74, 6) is 0.716. The second kappa shape index (κ2) is 4.58. The van der Waals surface area contributed by atoms with E-state index in [1.54, 1.807) is 12.4 Å².